The van der Waals surface area contributed by atoms with Gasteiger partial charge >= 0.3 is 0 Å². The average Bonchev–Trinajstić information content (AvgIpc) is 3.13. The van der Waals surface area contributed by atoms with E-state index in [4.69, 9.17) is 0 Å². The van der Waals surface area contributed by atoms with Gasteiger partial charge in [-0.3, -0.25) is 9.69 Å². The minimum absolute atomic E-state index is 0.113. The van der Waals surface area contributed by atoms with Gasteiger partial charge in [0.2, 0.25) is 5.91 Å². The first-order valence-electron chi connectivity index (χ1n) is 9.21. The van der Waals surface area contributed by atoms with Crippen LogP contribution in [0.25, 0.3) is 0 Å². The minimum atomic E-state index is -0.352. The molecule has 1 aliphatic carbocycles. The molecule has 24 heavy (non-hydrogen) atoms. The van der Waals surface area contributed by atoms with Crippen molar-refractivity contribution in [1.82, 2.24) is 15.5 Å². The van der Waals surface area contributed by atoms with Crippen molar-refractivity contribution in [2.24, 2.45) is 17.3 Å². The Labute approximate surface area is 146 Å². The molecule has 0 bridgehead atoms. The van der Waals surface area contributed by atoms with Crippen LogP contribution in [-0.4, -0.2) is 43.5 Å². The van der Waals surface area contributed by atoms with Crippen LogP contribution < -0.4 is 10.6 Å². The van der Waals surface area contributed by atoms with Crippen LogP contribution in [0.4, 0.5) is 0 Å². The maximum atomic E-state index is 12.0. The normalized spacial score (nSPS) is 27.2. The highest BCUT2D eigenvalue weighted by atomic mass is 16.2. The second-order valence-electron chi connectivity index (χ2n) is 8.13. The molecule has 1 saturated carbocycles. The molecule has 1 aromatic carbocycles. The topological polar surface area (TPSA) is 44.4 Å². The number of amides is 1. The number of nitrogens with one attached hydrogen (secondary N) is 2. The molecule has 1 aliphatic heterocycles. The fourth-order valence-corrected chi connectivity index (χ4v) is 4.39. The Morgan fingerprint density at radius 2 is 1.96 bits per heavy atom. The van der Waals surface area contributed by atoms with Crippen molar-refractivity contribution in [2.45, 2.75) is 39.3 Å². The number of hydrogen-bond acceptors (Lipinski definition) is 3. The Morgan fingerprint density at radius 1 is 1.21 bits per heavy atom. The quantitative estimate of drug-likeness (QED) is 0.841. The van der Waals surface area contributed by atoms with Crippen LogP contribution in [0.15, 0.2) is 30.3 Å². The standard InChI is InChI=1S/C20H31N3O/c1-20(2,19(24)21-3)14-22-18-10-9-16-12-23(13-17(16)18)11-15-7-5-4-6-8-15/h4-8,16-18,22H,9-14H2,1-3H3,(H,21,24)/t16-,17+,18+/m0/s1. The van der Waals surface area contributed by atoms with E-state index in [9.17, 15) is 4.79 Å². The summed E-state index contributed by atoms with van der Waals surface area (Å²) in [6, 6.07) is 11.3. The monoisotopic (exact) mass is 329 g/mol. The molecule has 4 nitrogen and oxygen atoms in total. The van der Waals surface area contributed by atoms with E-state index in [0.29, 0.717) is 6.04 Å². The van der Waals surface area contributed by atoms with Crippen LogP contribution >= 0.6 is 0 Å². The molecule has 1 amide bonds. The van der Waals surface area contributed by atoms with Crippen molar-refractivity contribution in [2.75, 3.05) is 26.7 Å². The molecule has 0 spiro atoms. The van der Waals surface area contributed by atoms with Gasteiger partial charge in [0.15, 0.2) is 0 Å². The largest absolute Gasteiger partial charge is 0.359 e. The fourth-order valence-electron chi connectivity index (χ4n) is 4.39. The lowest BCUT2D eigenvalue weighted by Crippen LogP contribution is -2.46. The summed E-state index contributed by atoms with van der Waals surface area (Å²) < 4.78 is 0. The molecule has 132 valence electrons. The smallest absolute Gasteiger partial charge is 0.226 e. The predicted molar refractivity (Wildman–Crippen MR) is 97.6 cm³/mol. The van der Waals surface area contributed by atoms with Crippen LogP contribution in [0.5, 0.6) is 0 Å². The van der Waals surface area contributed by atoms with Crippen LogP contribution in [0.3, 0.4) is 0 Å². The number of fused-ring (bicyclic) bond motifs is 1. The molecule has 2 aliphatic rings. The average molecular weight is 329 g/mol. The molecular weight excluding hydrogens is 298 g/mol. The fraction of sp³-hybridized carbons (Fsp3) is 0.650. The molecule has 3 atom stereocenters. The summed E-state index contributed by atoms with van der Waals surface area (Å²) in [6.07, 6.45) is 2.56. The molecule has 0 radical (unpaired) electrons. The van der Waals surface area contributed by atoms with E-state index in [-0.39, 0.29) is 11.3 Å². The third-order valence-corrected chi connectivity index (χ3v) is 5.83. The lowest BCUT2D eigenvalue weighted by atomic mass is 9.91. The molecule has 4 heteroatoms. The summed E-state index contributed by atoms with van der Waals surface area (Å²) in [4.78, 5) is 14.6. The molecule has 1 aromatic rings. The number of carbonyl (C=O) groups excluding carboxylic acids is 1. The summed E-state index contributed by atoms with van der Waals surface area (Å²) in [7, 11) is 1.72. The van der Waals surface area contributed by atoms with E-state index in [0.717, 1.165) is 24.9 Å². The van der Waals surface area contributed by atoms with Crippen LogP contribution in [0.1, 0.15) is 32.3 Å². The summed E-state index contributed by atoms with van der Waals surface area (Å²) in [6.45, 7) is 8.24. The molecule has 2 fully saturated rings. The summed E-state index contributed by atoms with van der Waals surface area (Å²) in [5.41, 5.74) is 1.05. The van der Waals surface area contributed by atoms with E-state index >= 15 is 0 Å². The first-order chi connectivity index (χ1) is 11.5. The van der Waals surface area contributed by atoms with Crippen molar-refractivity contribution in [3.05, 3.63) is 35.9 Å². The van der Waals surface area contributed by atoms with Crippen molar-refractivity contribution >= 4 is 5.91 Å². The van der Waals surface area contributed by atoms with Gasteiger partial charge in [0.1, 0.15) is 0 Å². The van der Waals surface area contributed by atoms with E-state index in [1.807, 2.05) is 13.8 Å². The highest BCUT2D eigenvalue weighted by molar-refractivity contribution is 5.81. The lowest BCUT2D eigenvalue weighted by molar-refractivity contribution is -0.128. The number of benzene rings is 1. The number of carbonyl (C=O) groups is 1. The Balaban J connectivity index is 1.53. The van der Waals surface area contributed by atoms with Crippen molar-refractivity contribution in [3.8, 4) is 0 Å². The van der Waals surface area contributed by atoms with Gasteiger partial charge in [-0.2, -0.15) is 0 Å². The first-order valence-corrected chi connectivity index (χ1v) is 9.21. The molecule has 1 heterocycles. The Hall–Kier alpha value is -1.39. The van der Waals surface area contributed by atoms with Gasteiger partial charge in [-0.25, -0.2) is 0 Å². The van der Waals surface area contributed by atoms with E-state index in [2.05, 4.69) is 45.9 Å². The third kappa shape index (κ3) is 3.81. The van der Waals surface area contributed by atoms with Gasteiger partial charge in [-0.05, 0) is 44.1 Å². The predicted octanol–water partition coefficient (Wildman–Crippen LogP) is 2.26. The van der Waals surface area contributed by atoms with Gasteiger partial charge in [0.05, 0.1) is 5.41 Å². The van der Waals surface area contributed by atoms with Crippen LogP contribution in [0, 0.1) is 17.3 Å². The lowest BCUT2D eigenvalue weighted by Gasteiger charge is -2.28. The maximum absolute atomic E-state index is 12.0. The zero-order chi connectivity index (χ0) is 17.2. The van der Waals surface area contributed by atoms with Gasteiger partial charge in [0.25, 0.3) is 0 Å². The van der Waals surface area contributed by atoms with Crippen LogP contribution in [-0.2, 0) is 11.3 Å². The molecule has 1 saturated heterocycles. The summed E-state index contributed by atoms with van der Waals surface area (Å²) >= 11 is 0. The maximum Gasteiger partial charge on any atom is 0.226 e. The van der Waals surface area contributed by atoms with Gasteiger partial charge in [-0.1, -0.05) is 30.3 Å². The number of likely N-dealkylation sites (tertiary alicyclic amines) is 1. The second kappa shape index (κ2) is 7.24. The number of hydrogen-bond donors (Lipinski definition) is 2. The SMILES string of the molecule is CNC(=O)C(C)(C)CN[C@@H]1CC[C@H]2CN(Cc3ccccc3)C[C@H]21. The van der Waals surface area contributed by atoms with Crippen molar-refractivity contribution in [3.63, 3.8) is 0 Å². The summed E-state index contributed by atoms with van der Waals surface area (Å²) in [5, 5.41) is 6.48. The Kier molecular flexibility index (Phi) is 5.26. The highest BCUT2D eigenvalue weighted by Crippen LogP contribution is 2.39. The van der Waals surface area contributed by atoms with Crippen LogP contribution in [0.2, 0.25) is 0 Å². The molecular formula is C20H31N3O. The number of nitrogens with zero attached hydrogens (tertiary/aromatic N) is 1. The molecule has 3 rings (SSSR count). The first kappa shape index (κ1) is 17.4. The zero-order valence-corrected chi connectivity index (χ0v) is 15.2. The van der Waals surface area contributed by atoms with E-state index < -0.39 is 0 Å². The minimum Gasteiger partial charge on any atom is -0.359 e. The molecule has 0 unspecified atom stereocenters. The van der Waals surface area contributed by atoms with E-state index in [1.165, 1.54) is 31.5 Å². The zero-order valence-electron chi connectivity index (χ0n) is 15.2. The van der Waals surface area contributed by atoms with E-state index in [1.54, 1.807) is 7.05 Å². The highest BCUT2D eigenvalue weighted by Gasteiger charge is 2.42. The van der Waals surface area contributed by atoms with Gasteiger partial charge in [-0.15, -0.1) is 0 Å². The van der Waals surface area contributed by atoms with Crippen molar-refractivity contribution in [1.29, 1.82) is 0 Å². The molecule has 0 aromatic heterocycles. The number of rotatable bonds is 6. The van der Waals surface area contributed by atoms with Gasteiger partial charge in [0, 0.05) is 39.3 Å². The van der Waals surface area contributed by atoms with Gasteiger partial charge < -0.3 is 10.6 Å². The Bertz CT molecular complexity index is 557. The third-order valence-electron chi connectivity index (χ3n) is 5.83. The van der Waals surface area contributed by atoms with Crippen molar-refractivity contribution < 1.29 is 4.79 Å². The second-order valence-corrected chi connectivity index (χ2v) is 8.13. The molecule has 2 N–H and O–H groups in total. The summed E-state index contributed by atoms with van der Waals surface area (Å²) in [5.74, 6) is 1.66. The Morgan fingerprint density at radius 3 is 2.67 bits per heavy atom.